The number of aromatic nitrogens is 2. The molecular weight excluding hydrogens is 274 g/mol. The molecule has 0 saturated carbocycles. The zero-order chi connectivity index (χ0) is 15.4. The summed E-state index contributed by atoms with van der Waals surface area (Å²) in [6, 6.07) is 15.9. The Labute approximate surface area is 130 Å². The van der Waals surface area contributed by atoms with Gasteiger partial charge in [-0.15, -0.1) is 0 Å². The Hall–Kier alpha value is -2.75. The van der Waals surface area contributed by atoms with Gasteiger partial charge >= 0.3 is 0 Å². The molecular formula is C18H19N3O. The molecule has 112 valence electrons. The lowest BCUT2D eigenvalue weighted by Crippen LogP contribution is -1.98. The lowest BCUT2D eigenvalue weighted by atomic mass is 10.1. The molecule has 0 aliphatic carbocycles. The van der Waals surface area contributed by atoms with Gasteiger partial charge in [0.15, 0.2) is 0 Å². The van der Waals surface area contributed by atoms with Crippen molar-refractivity contribution in [2.75, 3.05) is 5.73 Å². The average Bonchev–Trinajstić information content (AvgIpc) is 3.04. The highest BCUT2D eigenvalue weighted by atomic mass is 16.5. The number of rotatable bonds is 5. The van der Waals surface area contributed by atoms with Crippen molar-refractivity contribution < 1.29 is 4.74 Å². The molecule has 0 saturated heterocycles. The zero-order valence-corrected chi connectivity index (χ0v) is 12.6. The molecule has 3 aromatic rings. The molecule has 0 radical (unpaired) electrons. The molecule has 0 fully saturated rings. The van der Waals surface area contributed by atoms with Crippen molar-refractivity contribution in [3.63, 3.8) is 0 Å². The first kappa shape index (κ1) is 14.2. The Kier molecular flexibility index (Phi) is 4.10. The van der Waals surface area contributed by atoms with Crippen LogP contribution in [0.3, 0.4) is 0 Å². The van der Waals surface area contributed by atoms with Crippen LogP contribution in [0.1, 0.15) is 12.5 Å². The highest BCUT2D eigenvalue weighted by Crippen LogP contribution is 2.29. The Bertz CT molecular complexity index is 750. The predicted octanol–water partition coefficient (Wildman–Crippen LogP) is 3.73. The van der Waals surface area contributed by atoms with E-state index < -0.39 is 0 Å². The van der Waals surface area contributed by atoms with Gasteiger partial charge in [0.25, 0.3) is 0 Å². The molecule has 2 N–H and O–H groups in total. The summed E-state index contributed by atoms with van der Waals surface area (Å²) in [5.41, 5.74) is 9.89. The number of hydrogen-bond donors (Lipinski definition) is 1. The number of aryl methyl sites for hydroxylation is 1. The van der Waals surface area contributed by atoms with Crippen LogP contribution < -0.4 is 10.5 Å². The molecule has 1 aromatic heterocycles. The number of nitrogens with two attached hydrogens (primary N) is 1. The molecule has 3 rings (SSSR count). The van der Waals surface area contributed by atoms with Crippen molar-refractivity contribution in [2.24, 2.45) is 0 Å². The van der Waals surface area contributed by atoms with Gasteiger partial charge in [0.1, 0.15) is 12.4 Å². The Morgan fingerprint density at radius 1 is 1.09 bits per heavy atom. The number of benzene rings is 2. The van der Waals surface area contributed by atoms with Gasteiger partial charge in [0.05, 0.1) is 11.9 Å². The number of anilines is 1. The van der Waals surface area contributed by atoms with E-state index in [-0.39, 0.29) is 0 Å². The van der Waals surface area contributed by atoms with Gasteiger partial charge in [0, 0.05) is 18.3 Å². The largest absolute Gasteiger partial charge is 0.487 e. The van der Waals surface area contributed by atoms with E-state index in [1.165, 1.54) is 0 Å². The summed E-state index contributed by atoms with van der Waals surface area (Å²) < 4.78 is 7.76. The molecule has 0 atom stereocenters. The third-order valence-electron chi connectivity index (χ3n) is 3.54. The molecule has 4 heteroatoms. The highest BCUT2D eigenvalue weighted by Gasteiger charge is 2.06. The maximum Gasteiger partial charge on any atom is 0.143 e. The van der Waals surface area contributed by atoms with Crippen LogP contribution in [0.2, 0.25) is 0 Å². The summed E-state index contributed by atoms with van der Waals surface area (Å²) in [6.07, 6.45) is 3.88. The lowest BCUT2D eigenvalue weighted by molar-refractivity contribution is 0.308. The fourth-order valence-corrected chi connectivity index (χ4v) is 2.26. The second kappa shape index (κ2) is 6.35. The van der Waals surface area contributed by atoms with E-state index in [0.29, 0.717) is 18.0 Å². The second-order valence-corrected chi connectivity index (χ2v) is 5.11. The van der Waals surface area contributed by atoms with Crippen LogP contribution >= 0.6 is 0 Å². The summed E-state index contributed by atoms with van der Waals surface area (Å²) in [6.45, 7) is 3.42. The van der Waals surface area contributed by atoms with Crippen LogP contribution in [-0.4, -0.2) is 9.78 Å². The fraction of sp³-hybridized carbons (Fsp3) is 0.167. The normalized spacial score (nSPS) is 10.6. The first-order valence-electron chi connectivity index (χ1n) is 7.35. The van der Waals surface area contributed by atoms with Gasteiger partial charge in [-0.3, -0.25) is 4.68 Å². The van der Waals surface area contributed by atoms with Gasteiger partial charge in [-0.2, -0.15) is 5.10 Å². The van der Waals surface area contributed by atoms with Gasteiger partial charge < -0.3 is 10.5 Å². The molecule has 2 aromatic carbocycles. The third-order valence-corrected chi connectivity index (χ3v) is 3.54. The molecule has 0 aliphatic heterocycles. The summed E-state index contributed by atoms with van der Waals surface area (Å²) in [7, 11) is 0. The Morgan fingerprint density at radius 3 is 2.64 bits per heavy atom. The first-order valence-corrected chi connectivity index (χ1v) is 7.35. The molecule has 22 heavy (non-hydrogen) atoms. The van der Waals surface area contributed by atoms with E-state index in [1.807, 2.05) is 65.6 Å². The number of hydrogen-bond acceptors (Lipinski definition) is 3. The zero-order valence-electron chi connectivity index (χ0n) is 12.6. The number of nitrogen functional groups attached to an aromatic ring is 1. The lowest BCUT2D eigenvalue weighted by Gasteiger charge is -2.10. The summed E-state index contributed by atoms with van der Waals surface area (Å²) in [5.74, 6) is 0.700. The van der Waals surface area contributed by atoms with Crippen molar-refractivity contribution >= 4 is 5.69 Å². The Morgan fingerprint density at radius 2 is 1.91 bits per heavy atom. The minimum Gasteiger partial charge on any atom is -0.487 e. The molecule has 4 nitrogen and oxygen atoms in total. The minimum atomic E-state index is 0.503. The van der Waals surface area contributed by atoms with Gasteiger partial charge in [-0.25, -0.2) is 0 Å². The molecule has 0 unspecified atom stereocenters. The molecule has 0 aliphatic rings. The van der Waals surface area contributed by atoms with Crippen molar-refractivity contribution in [3.05, 3.63) is 66.5 Å². The molecule has 1 heterocycles. The van der Waals surface area contributed by atoms with E-state index in [4.69, 9.17) is 10.5 Å². The van der Waals surface area contributed by atoms with E-state index in [0.717, 1.165) is 23.2 Å². The van der Waals surface area contributed by atoms with Crippen molar-refractivity contribution in [3.8, 4) is 16.9 Å². The van der Waals surface area contributed by atoms with Gasteiger partial charge in [-0.1, -0.05) is 36.4 Å². The van der Waals surface area contributed by atoms with Crippen molar-refractivity contribution in [2.45, 2.75) is 20.1 Å². The van der Waals surface area contributed by atoms with E-state index in [1.54, 1.807) is 0 Å². The van der Waals surface area contributed by atoms with E-state index in [9.17, 15) is 0 Å². The quantitative estimate of drug-likeness (QED) is 0.729. The van der Waals surface area contributed by atoms with Gasteiger partial charge in [0.2, 0.25) is 0 Å². The first-order chi connectivity index (χ1) is 10.8. The fourth-order valence-electron chi connectivity index (χ4n) is 2.26. The summed E-state index contributed by atoms with van der Waals surface area (Å²) >= 11 is 0. The average molecular weight is 293 g/mol. The number of nitrogens with zero attached hydrogens (tertiary/aromatic N) is 2. The SMILES string of the molecule is CCn1cc(-c2ccc(N)c(OCc3ccccc3)c2)cn1. The van der Waals surface area contributed by atoms with Crippen molar-refractivity contribution in [1.29, 1.82) is 0 Å². The summed E-state index contributed by atoms with van der Waals surface area (Å²) in [5, 5.41) is 4.30. The predicted molar refractivity (Wildman–Crippen MR) is 88.5 cm³/mol. The van der Waals surface area contributed by atoms with Gasteiger partial charge in [-0.05, 0) is 30.2 Å². The number of ether oxygens (including phenoxy) is 1. The molecule has 0 spiro atoms. The smallest absolute Gasteiger partial charge is 0.143 e. The topological polar surface area (TPSA) is 53.1 Å². The monoisotopic (exact) mass is 293 g/mol. The maximum absolute atomic E-state index is 6.02. The molecule has 0 bridgehead atoms. The summed E-state index contributed by atoms with van der Waals surface area (Å²) in [4.78, 5) is 0. The van der Waals surface area contributed by atoms with Crippen LogP contribution in [0.5, 0.6) is 5.75 Å². The molecule has 0 amide bonds. The van der Waals surface area contributed by atoms with Crippen LogP contribution in [0.4, 0.5) is 5.69 Å². The van der Waals surface area contributed by atoms with Crippen LogP contribution in [0, 0.1) is 0 Å². The standard InChI is InChI=1S/C18H19N3O/c1-2-21-12-16(11-20-21)15-8-9-17(19)18(10-15)22-13-14-6-4-3-5-7-14/h3-12H,2,13,19H2,1H3. The van der Waals surface area contributed by atoms with E-state index in [2.05, 4.69) is 12.0 Å². The minimum absolute atomic E-state index is 0.503. The maximum atomic E-state index is 6.02. The Balaban J connectivity index is 1.80. The highest BCUT2D eigenvalue weighted by molar-refractivity contribution is 5.68. The third kappa shape index (κ3) is 3.11. The van der Waals surface area contributed by atoms with Crippen LogP contribution in [-0.2, 0) is 13.2 Å². The van der Waals surface area contributed by atoms with Crippen molar-refractivity contribution in [1.82, 2.24) is 9.78 Å². The second-order valence-electron chi connectivity index (χ2n) is 5.11. The van der Waals surface area contributed by atoms with E-state index >= 15 is 0 Å². The van der Waals surface area contributed by atoms with Crippen LogP contribution in [0.15, 0.2) is 60.9 Å². The van der Waals surface area contributed by atoms with Crippen LogP contribution in [0.25, 0.3) is 11.1 Å².